The molecule has 21 heavy (non-hydrogen) atoms. The lowest BCUT2D eigenvalue weighted by Crippen LogP contribution is -2.41. The Kier molecular flexibility index (Phi) is 3.70. The van der Waals surface area contributed by atoms with Crippen LogP contribution in [0.5, 0.6) is 5.75 Å². The lowest BCUT2D eigenvalue weighted by atomic mass is 9.94. The molecule has 4 heteroatoms. The first-order valence-electron chi connectivity index (χ1n) is 7.72. The Balaban J connectivity index is 1.86. The normalized spacial score (nSPS) is 25.6. The number of aryl methyl sites for hydroxylation is 1. The second-order valence-electron chi connectivity index (χ2n) is 6.14. The minimum atomic E-state index is -0.140. The molecule has 1 saturated carbocycles. The lowest BCUT2D eigenvalue weighted by Gasteiger charge is -2.29. The predicted molar refractivity (Wildman–Crippen MR) is 79.3 cm³/mol. The Morgan fingerprint density at radius 3 is 2.81 bits per heavy atom. The number of carbonyl (C=O) groups is 2. The molecule has 112 valence electrons. The van der Waals surface area contributed by atoms with E-state index in [-0.39, 0.29) is 23.6 Å². The highest BCUT2D eigenvalue weighted by molar-refractivity contribution is 5.98. The van der Waals surface area contributed by atoms with Crippen LogP contribution in [0.4, 0.5) is 0 Å². The van der Waals surface area contributed by atoms with Crippen molar-refractivity contribution in [2.45, 2.75) is 45.1 Å². The van der Waals surface area contributed by atoms with Crippen molar-refractivity contribution in [3.8, 4) is 5.75 Å². The van der Waals surface area contributed by atoms with E-state index >= 15 is 0 Å². The third kappa shape index (κ3) is 2.43. The van der Waals surface area contributed by atoms with Crippen LogP contribution in [0.3, 0.4) is 0 Å². The minimum Gasteiger partial charge on any atom is -0.507 e. The molecule has 2 atom stereocenters. The van der Waals surface area contributed by atoms with Gasteiger partial charge in [0, 0.05) is 24.9 Å². The summed E-state index contributed by atoms with van der Waals surface area (Å²) in [6.07, 6.45) is 4.32. The van der Waals surface area contributed by atoms with Crippen LogP contribution in [0.1, 0.15) is 48.0 Å². The van der Waals surface area contributed by atoms with Gasteiger partial charge in [0.2, 0.25) is 0 Å². The number of aromatic hydroxyl groups is 1. The number of Topliss-reactive ketones (excluding diaryl/α,β-unsaturated/α-hetero) is 1. The zero-order valence-electron chi connectivity index (χ0n) is 12.3. The smallest absolute Gasteiger partial charge is 0.257 e. The van der Waals surface area contributed by atoms with Gasteiger partial charge in [-0.1, -0.05) is 12.1 Å². The van der Waals surface area contributed by atoms with E-state index in [4.69, 9.17) is 0 Å². The fourth-order valence-electron chi connectivity index (χ4n) is 3.70. The Bertz CT molecular complexity index is 581. The van der Waals surface area contributed by atoms with Crippen molar-refractivity contribution >= 4 is 11.7 Å². The zero-order valence-corrected chi connectivity index (χ0v) is 12.3. The van der Waals surface area contributed by atoms with Crippen LogP contribution in [0.15, 0.2) is 18.2 Å². The van der Waals surface area contributed by atoms with Gasteiger partial charge in [0.15, 0.2) is 0 Å². The lowest BCUT2D eigenvalue weighted by molar-refractivity contribution is -0.121. The minimum absolute atomic E-state index is 0.00315. The molecule has 2 aliphatic rings. The first-order valence-corrected chi connectivity index (χ1v) is 7.72. The number of amides is 1. The van der Waals surface area contributed by atoms with E-state index in [1.165, 1.54) is 0 Å². The fourth-order valence-corrected chi connectivity index (χ4v) is 3.70. The molecule has 1 N–H and O–H groups in total. The van der Waals surface area contributed by atoms with Gasteiger partial charge >= 0.3 is 0 Å². The van der Waals surface area contributed by atoms with Gasteiger partial charge in [-0.3, -0.25) is 9.59 Å². The summed E-state index contributed by atoms with van der Waals surface area (Å²) < 4.78 is 0. The molecule has 1 aliphatic heterocycles. The molecule has 2 fully saturated rings. The number of benzene rings is 1. The third-order valence-corrected chi connectivity index (χ3v) is 4.84. The number of rotatable bonds is 2. The summed E-state index contributed by atoms with van der Waals surface area (Å²) in [5, 5.41) is 10.1. The maximum absolute atomic E-state index is 12.7. The van der Waals surface area contributed by atoms with E-state index in [1.54, 1.807) is 25.1 Å². The number of hydrogen-bond acceptors (Lipinski definition) is 3. The molecule has 1 heterocycles. The van der Waals surface area contributed by atoms with E-state index in [0.717, 1.165) is 25.7 Å². The molecule has 1 aromatic rings. The Morgan fingerprint density at radius 2 is 2.10 bits per heavy atom. The van der Waals surface area contributed by atoms with E-state index in [9.17, 15) is 14.7 Å². The van der Waals surface area contributed by atoms with Crippen molar-refractivity contribution in [3.63, 3.8) is 0 Å². The van der Waals surface area contributed by atoms with Crippen molar-refractivity contribution in [3.05, 3.63) is 29.3 Å². The molecule has 4 nitrogen and oxygen atoms in total. The van der Waals surface area contributed by atoms with Crippen LogP contribution in [-0.4, -0.2) is 34.3 Å². The van der Waals surface area contributed by atoms with Gasteiger partial charge in [0.05, 0.1) is 5.56 Å². The van der Waals surface area contributed by atoms with Gasteiger partial charge in [-0.2, -0.15) is 0 Å². The van der Waals surface area contributed by atoms with Crippen LogP contribution < -0.4 is 0 Å². The van der Waals surface area contributed by atoms with Crippen LogP contribution in [0, 0.1) is 12.8 Å². The highest BCUT2D eigenvalue weighted by atomic mass is 16.3. The molecule has 2 unspecified atom stereocenters. The Morgan fingerprint density at radius 1 is 1.29 bits per heavy atom. The van der Waals surface area contributed by atoms with E-state index in [1.807, 2.05) is 4.90 Å². The molecule has 1 saturated heterocycles. The third-order valence-electron chi connectivity index (χ3n) is 4.84. The van der Waals surface area contributed by atoms with Crippen LogP contribution in [-0.2, 0) is 4.79 Å². The summed E-state index contributed by atoms with van der Waals surface area (Å²) in [6, 6.07) is 5.26. The summed E-state index contributed by atoms with van der Waals surface area (Å²) in [5.74, 6) is 0.223. The van der Waals surface area contributed by atoms with Crippen molar-refractivity contribution in [2.75, 3.05) is 6.54 Å². The van der Waals surface area contributed by atoms with Crippen molar-refractivity contribution in [2.24, 2.45) is 5.92 Å². The molecule has 1 aliphatic carbocycles. The van der Waals surface area contributed by atoms with Crippen LogP contribution in [0.25, 0.3) is 0 Å². The van der Waals surface area contributed by atoms with Crippen molar-refractivity contribution in [1.82, 2.24) is 4.90 Å². The largest absolute Gasteiger partial charge is 0.507 e. The van der Waals surface area contributed by atoms with Gasteiger partial charge in [0.1, 0.15) is 11.5 Å². The SMILES string of the molecule is Cc1cccc(C(=O)N2CCCC2C2CCCC2=O)c1O. The van der Waals surface area contributed by atoms with Crippen LogP contribution >= 0.6 is 0 Å². The maximum atomic E-state index is 12.7. The number of para-hydroxylation sites is 1. The fraction of sp³-hybridized carbons (Fsp3) is 0.529. The zero-order chi connectivity index (χ0) is 15.0. The summed E-state index contributed by atoms with van der Waals surface area (Å²) in [5.41, 5.74) is 1.06. The molecular weight excluding hydrogens is 266 g/mol. The first kappa shape index (κ1) is 14.1. The predicted octanol–water partition coefficient (Wildman–Crippen LogP) is 2.67. The summed E-state index contributed by atoms with van der Waals surface area (Å²) in [7, 11) is 0. The highest BCUT2D eigenvalue weighted by Gasteiger charge is 2.40. The molecule has 0 spiro atoms. The summed E-state index contributed by atoms with van der Waals surface area (Å²) in [4.78, 5) is 26.6. The monoisotopic (exact) mass is 287 g/mol. The molecule has 0 radical (unpaired) electrons. The number of ketones is 1. The number of likely N-dealkylation sites (tertiary alicyclic amines) is 1. The summed E-state index contributed by atoms with van der Waals surface area (Å²) in [6.45, 7) is 2.47. The van der Waals surface area contributed by atoms with E-state index in [0.29, 0.717) is 29.9 Å². The number of hydrogen-bond donors (Lipinski definition) is 1. The number of phenols is 1. The van der Waals surface area contributed by atoms with E-state index < -0.39 is 0 Å². The topological polar surface area (TPSA) is 57.6 Å². The number of phenolic OH excluding ortho intramolecular Hbond substituents is 1. The van der Waals surface area contributed by atoms with Crippen LogP contribution in [0.2, 0.25) is 0 Å². The Labute approximate surface area is 124 Å². The maximum Gasteiger partial charge on any atom is 0.257 e. The molecule has 3 rings (SSSR count). The second kappa shape index (κ2) is 5.51. The van der Waals surface area contributed by atoms with Gasteiger partial charge in [-0.15, -0.1) is 0 Å². The van der Waals surface area contributed by atoms with Gasteiger partial charge in [-0.05, 0) is 44.2 Å². The first-order chi connectivity index (χ1) is 10.1. The van der Waals surface area contributed by atoms with Gasteiger partial charge in [0.25, 0.3) is 5.91 Å². The Hall–Kier alpha value is -1.84. The molecule has 0 bridgehead atoms. The molecular formula is C17H21NO3. The van der Waals surface area contributed by atoms with E-state index in [2.05, 4.69) is 0 Å². The average Bonchev–Trinajstić information content (AvgIpc) is 3.09. The second-order valence-corrected chi connectivity index (χ2v) is 6.14. The quantitative estimate of drug-likeness (QED) is 0.909. The van der Waals surface area contributed by atoms with Crippen molar-refractivity contribution in [1.29, 1.82) is 0 Å². The standard InChI is InChI=1S/C17H21NO3/c1-11-5-2-7-13(16(11)20)17(21)18-10-4-8-14(18)12-6-3-9-15(12)19/h2,5,7,12,14,20H,3-4,6,8-10H2,1H3. The number of carbonyl (C=O) groups excluding carboxylic acids is 2. The molecule has 1 aromatic carbocycles. The summed E-state index contributed by atoms with van der Waals surface area (Å²) >= 11 is 0. The molecule has 1 amide bonds. The highest BCUT2D eigenvalue weighted by Crippen LogP contribution is 2.35. The van der Waals surface area contributed by atoms with Gasteiger partial charge in [-0.25, -0.2) is 0 Å². The average molecular weight is 287 g/mol. The molecule has 0 aromatic heterocycles. The number of nitrogens with zero attached hydrogens (tertiary/aromatic N) is 1. The van der Waals surface area contributed by atoms with Crippen molar-refractivity contribution < 1.29 is 14.7 Å². The van der Waals surface area contributed by atoms with Gasteiger partial charge < -0.3 is 10.0 Å².